The van der Waals surface area contributed by atoms with Crippen LogP contribution in [0.5, 0.6) is 5.88 Å². The third-order valence-electron chi connectivity index (χ3n) is 5.99. The number of pyridine rings is 1. The van der Waals surface area contributed by atoms with Gasteiger partial charge in [-0.05, 0) is 32.9 Å². The molecule has 1 aliphatic rings. The average Bonchev–Trinajstić information content (AvgIpc) is 2.78. The van der Waals surface area contributed by atoms with Crippen LogP contribution in [-0.4, -0.2) is 57.8 Å². The fourth-order valence-electron chi connectivity index (χ4n) is 3.95. The van der Waals surface area contributed by atoms with Crippen LogP contribution < -0.4 is 15.0 Å². The van der Waals surface area contributed by atoms with E-state index in [1.165, 1.54) is 19.2 Å². The molecule has 2 atom stereocenters. The van der Waals surface area contributed by atoms with Gasteiger partial charge in [0.05, 0.1) is 30.5 Å². The summed E-state index contributed by atoms with van der Waals surface area (Å²) >= 11 is 0. The second kappa shape index (κ2) is 8.88. The maximum atomic E-state index is 15.1. The zero-order valence-corrected chi connectivity index (χ0v) is 19.2. The Balaban J connectivity index is 1.74. The first-order chi connectivity index (χ1) is 16.0. The first-order valence-corrected chi connectivity index (χ1v) is 10.8. The number of aryl methyl sites for hydroxylation is 1. The number of halogens is 3. The second-order valence-corrected chi connectivity index (χ2v) is 8.48. The molecule has 4 rings (SSSR count). The van der Waals surface area contributed by atoms with E-state index in [1.807, 2.05) is 4.90 Å². The zero-order chi connectivity index (χ0) is 24.8. The van der Waals surface area contributed by atoms with Crippen LogP contribution in [0, 0.1) is 12.7 Å². The van der Waals surface area contributed by atoms with Crippen molar-refractivity contribution < 1.29 is 28.1 Å². The quantitative estimate of drug-likeness (QED) is 0.476. The number of aromatic nitrogens is 3. The van der Waals surface area contributed by atoms with Crippen molar-refractivity contribution in [1.82, 2.24) is 15.2 Å². The van der Waals surface area contributed by atoms with Crippen LogP contribution in [0.4, 0.5) is 24.7 Å². The summed E-state index contributed by atoms with van der Waals surface area (Å²) in [4.78, 5) is 6.46. The molecule has 1 aliphatic heterocycles. The predicted octanol–water partition coefficient (Wildman–Crippen LogP) is 3.31. The third kappa shape index (κ3) is 4.09. The summed E-state index contributed by atoms with van der Waals surface area (Å²) in [6.45, 7) is 5.12. The normalized spacial score (nSPS) is 16.3. The number of ether oxygens (including phenoxy) is 1. The Morgan fingerprint density at radius 2 is 1.94 bits per heavy atom. The largest absolute Gasteiger partial charge is 0.480 e. The van der Waals surface area contributed by atoms with E-state index in [9.17, 15) is 19.0 Å². The van der Waals surface area contributed by atoms with Crippen LogP contribution in [0.3, 0.4) is 0 Å². The van der Waals surface area contributed by atoms with Gasteiger partial charge in [-0.1, -0.05) is 12.1 Å². The van der Waals surface area contributed by atoms with Crippen LogP contribution in [0.1, 0.15) is 36.7 Å². The standard InChI is InChI=1S/C23H26F3N5O3/c1-11(15-6-5-7-17(19(15)24)23(25,26)13(3)32)27-21-16-8-18(31-9-14(33)10-31)22(34-4)28-20(16)12(2)29-30-21/h5-8,11,13-14,32-33H,9-10H2,1-4H3,(H,27,30)/t11-,13?/m1/s1. The molecule has 0 spiro atoms. The van der Waals surface area contributed by atoms with Gasteiger partial charge in [0, 0.05) is 24.0 Å². The van der Waals surface area contributed by atoms with E-state index in [2.05, 4.69) is 20.5 Å². The number of methoxy groups -OCH3 is 1. The molecule has 1 aromatic carbocycles. The molecule has 34 heavy (non-hydrogen) atoms. The Morgan fingerprint density at radius 1 is 1.24 bits per heavy atom. The van der Waals surface area contributed by atoms with E-state index in [-0.39, 0.29) is 11.4 Å². The summed E-state index contributed by atoms with van der Waals surface area (Å²) < 4.78 is 49.2. The molecule has 0 amide bonds. The van der Waals surface area contributed by atoms with Crippen molar-refractivity contribution in [3.05, 3.63) is 46.9 Å². The molecule has 3 aromatic rings. The summed E-state index contributed by atoms with van der Waals surface area (Å²) in [7, 11) is 1.50. The van der Waals surface area contributed by atoms with Crippen molar-refractivity contribution in [2.24, 2.45) is 0 Å². The number of fused-ring (bicyclic) bond motifs is 1. The lowest BCUT2D eigenvalue weighted by molar-refractivity contribution is -0.108. The smallest absolute Gasteiger partial charge is 0.301 e. The number of hydrogen-bond acceptors (Lipinski definition) is 8. The molecule has 1 fully saturated rings. The number of nitrogens with zero attached hydrogens (tertiary/aromatic N) is 4. The third-order valence-corrected chi connectivity index (χ3v) is 5.99. The highest BCUT2D eigenvalue weighted by Crippen LogP contribution is 2.38. The first kappa shape index (κ1) is 24.0. The number of anilines is 2. The lowest BCUT2D eigenvalue weighted by atomic mass is 9.97. The van der Waals surface area contributed by atoms with Crippen molar-refractivity contribution in [1.29, 1.82) is 0 Å². The van der Waals surface area contributed by atoms with Gasteiger partial charge in [0.25, 0.3) is 0 Å². The number of hydrogen-bond donors (Lipinski definition) is 3. The predicted molar refractivity (Wildman–Crippen MR) is 121 cm³/mol. The van der Waals surface area contributed by atoms with Gasteiger partial charge in [0.1, 0.15) is 23.1 Å². The number of rotatable bonds is 7. The van der Waals surface area contributed by atoms with Crippen molar-refractivity contribution in [2.75, 3.05) is 30.4 Å². The second-order valence-electron chi connectivity index (χ2n) is 8.48. The Labute approximate surface area is 194 Å². The van der Waals surface area contributed by atoms with E-state index in [1.54, 1.807) is 19.9 Å². The molecule has 0 aliphatic carbocycles. The summed E-state index contributed by atoms with van der Waals surface area (Å²) in [5.41, 5.74) is 0.834. The van der Waals surface area contributed by atoms with E-state index in [0.29, 0.717) is 41.3 Å². The van der Waals surface area contributed by atoms with Crippen LogP contribution >= 0.6 is 0 Å². The van der Waals surface area contributed by atoms with Gasteiger partial charge in [-0.15, -0.1) is 5.10 Å². The molecule has 8 nitrogen and oxygen atoms in total. The maximum absolute atomic E-state index is 15.1. The molecule has 3 N–H and O–H groups in total. The summed E-state index contributed by atoms with van der Waals surface area (Å²) in [6, 6.07) is 4.72. The molecule has 1 saturated heterocycles. The topological polar surface area (TPSA) is 104 Å². The molecule has 2 aromatic heterocycles. The molecule has 0 bridgehead atoms. The maximum Gasteiger partial charge on any atom is 0.301 e. The lowest BCUT2D eigenvalue weighted by Gasteiger charge is -2.38. The van der Waals surface area contributed by atoms with Crippen molar-refractivity contribution >= 4 is 22.4 Å². The van der Waals surface area contributed by atoms with Crippen LogP contribution in [0.2, 0.25) is 0 Å². The molecule has 0 radical (unpaired) electrons. The van der Waals surface area contributed by atoms with Crippen LogP contribution in [0.15, 0.2) is 24.3 Å². The van der Waals surface area contributed by atoms with E-state index in [4.69, 9.17) is 4.74 Å². The van der Waals surface area contributed by atoms with E-state index < -0.39 is 35.6 Å². The van der Waals surface area contributed by atoms with Crippen LogP contribution in [-0.2, 0) is 5.92 Å². The van der Waals surface area contributed by atoms with Crippen LogP contribution in [0.25, 0.3) is 10.9 Å². The molecular weight excluding hydrogens is 451 g/mol. The van der Waals surface area contributed by atoms with E-state index in [0.717, 1.165) is 13.0 Å². The van der Waals surface area contributed by atoms with Gasteiger partial charge in [-0.2, -0.15) is 13.9 Å². The minimum absolute atomic E-state index is 0.0130. The monoisotopic (exact) mass is 477 g/mol. The van der Waals surface area contributed by atoms with Crippen molar-refractivity contribution in [3.8, 4) is 5.88 Å². The highest BCUT2D eigenvalue weighted by atomic mass is 19.3. The number of benzene rings is 1. The average molecular weight is 477 g/mol. The van der Waals surface area contributed by atoms with Crippen molar-refractivity contribution in [2.45, 2.75) is 44.9 Å². The summed E-state index contributed by atoms with van der Waals surface area (Å²) in [5, 5.41) is 31.1. The molecule has 11 heteroatoms. The number of aliphatic hydroxyl groups is 2. The number of nitrogens with one attached hydrogen (secondary N) is 1. The van der Waals surface area contributed by atoms with Gasteiger partial charge in [-0.25, -0.2) is 9.37 Å². The van der Waals surface area contributed by atoms with Gasteiger partial charge in [0.15, 0.2) is 5.82 Å². The highest BCUT2D eigenvalue weighted by molar-refractivity contribution is 5.94. The Hall–Kier alpha value is -3.18. The van der Waals surface area contributed by atoms with Gasteiger partial charge >= 0.3 is 5.92 Å². The molecular formula is C23H26F3N5O3. The molecule has 1 unspecified atom stereocenters. The summed E-state index contributed by atoms with van der Waals surface area (Å²) in [5.74, 6) is -4.19. The number of alkyl halides is 2. The Kier molecular flexibility index (Phi) is 6.26. The minimum Gasteiger partial charge on any atom is -0.480 e. The zero-order valence-electron chi connectivity index (χ0n) is 19.2. The van der Waals surface area contributed by atoms with Gasteiger partial charge in [-0.3, -0.25) is 0 Å². The van der Waals surface area contributed by atoms with Gasteiger partial charge < -0.3 is 25.2 Å². The first-order valence-electron chi connectivity index (χ1n) is 10.8. The Bertz CT molecular complexity index is 1220. The fourth-order valence-corrected chi connectivity index (χ4v) is 3.95. The molecule has 3 heterocycles. The minimum atomic E-state index is -3.74. The fraction of sp³-hybridized carbons (Fsp3) is 0.435. The lowest BCUT2D eigenvalue weighted by Crippen LogP contribution is -2.51. The molecule has 182 valence electrons. The SMILES string of the molecule is COc1nc2c(C)nnc(N[C@H](C)c3cccc(C(F)(F)C(C)O)c3F)c2cc1N1CC(O)C1. The number of aliphatic hydroxyl groups excluding tert-OH is 2. The van der Waals surface area contributed by atoms with E-state index >= 15 is 4.39 Å². The van der Waals surface area contributed by atoms with Crippen molar-refractivity contribution in [3.63, 3.8) is 0 Å². The Morgan fingerprint density at radius 3 is 2.56 bits per heavy atom. The summed E-state index contributed by atoms with van der Waals surface area (Å²) in [6.07, 6.45) is -2.49. The highest BCUT2D eigenvalue weighted by Gasteiger charge is 2.40. The molecule has 0 saturated carbocycles. The number of β-amino-alcohol motifs (C(OH)–C–C–N with tert-alkyl or cyclic N) is 1. The van der Waals surface area contributed by atoms with Gasteiger partial charge in [0.2, 0.25) is 5.88 Å².